The van der Waals surface area contributed by atoms with E-state index in [4.69, 9.17) is 9.47 Å². The van der Waals surface area contributed by atoms with Crippen LogP contribution in [0.3, 0.4) is 0 Å². The van der Waals surface area contributed by atoms with Gasteiger partial charge in [0.2, 0.25) is 0 Å². The van der Waals surface area contributed by atoms with E-state index in [0.29, 0.717) is 5.92 Å². The van der Waals surface area contributed by atoms with E-state index in [1.165, 1.54) is 0 Å². The van der Waals surface area contributed by atoms with Crippen LogP contribution in [0.2, 0.25) is 0 Å². The van der Waals surface area contributed by atoms with Gasteiger partial charge in [-0.05, 0) is 26.7 Å². The standard InChI is InChI=1S/C10H18O3/c1-6(2)7-8(12-7)9(11)13-10(3,4)5/h6-8H,1-5H3/t7-,8+/m1/s1. The fourth-order valence-corrected chi connectivity index (χ4v) is 1.18. The minimum absolute atomic E-state index is 0.0647. The number of esters is 1. The van der Waals surface area contributed by atoms with E-state index in [9.17, 15) is 4.79 Å². The Kier molecular flexibility index (Phi) is 2.66. The molecule has 0 amide bonds. The molecule has 0 N–H and O–H groups in total. The summed E-state index contributed by atoms with van der Waals surface area (Å²) in [7, 11) is 0. The molecule has 0 aromatic rings. The summed E-state index contributed by atoms with van der Waals surface area (Å²) in [6.07, 6.45) is -0.255. The molecule has 0 aromatic carbocycles. The molecule has 1 heterocycles. The van der Waals surface area contributed by atoms with Crippen molar-refractivity contribution in [3.8, 4) is 0 Å². The molecule has 1 aliphatic rings. The third kappa shape index (κ3) is 2.99. The van der Waals surface area contributed by atoms with Gasteiger partial charge in [-0.3, -0.25) is 0 Å². The van der Waals surface area contributed by atoms with Crippen molar-refractivity contribution in [2.75, 3.05) is 0 Å². The lowest BCUT2D eigenvalue weighted by Gasteiger charge is -2.18. The normalized spacial score (nSPS) is 27.5. The maximum absolute atomic E-state index is 11.4. The predicted molar refractivity (Wildman–Crippen MR) is 49.3 cm³/mol. The van der Waals surface area contributed by atoms with Crippen LogP contribution in [0.15, 0.2) is 0 Å². The monoisotopic (exact) mass is 186 g/mol. The van der Waals surface area contributed by atoms with Gasteiger partial charge < -0.3 is 9.47 Å². The van der Waals surface area contributed by atoms with Crippen LogP contribution in [-0.2, 0) is 14.3 Å². The number of carbonyl (C=O) groups is 1. The van der Waals surface area contributed by atoms with Gasteiger partial charge >= 0.3 is 5.97 Å². The highest BCUT2D eigenvalue weighted by molar-refractivity contribution is 5.78. The molecule has 3 nitrogen and oxygen atoms in total. The van der Waals surface area contributed by atoms with Crippen LogP contribution in [-0.4, -0.2) is 23.8 Å². The summed E-state index contributed by atoms with van der Waals surface area (Å²) in [5.74, 6) is 0.156. The minimum atomic E-state index is -0.412. The van der Waals surface area contributed by atoms with E-state index >= 15 is 0 Å². The summed E-state index contributed by atoms with van der Waals surface area (Å²) in [6.45, 7) is 9.65. The van der Waals surface area contributed by atoms with E-state index in [1.807, 2.05) is 34.6 Å². The molecule has 0 spiro atoms. The molecule has 1 aliphatic heterocycles. The van der Waals surface area contributed by atoms with Crippen LogP contribution < -0.4 is 0 Å². The van der Waals surface area contributed by atoms with Crippen molar-refractivity contribution in [2.24, 2.45) is 5.92 Å². The fraction of sp³-hybridized carbons (Fsp3) is 0.900. The van der Waals surface area contributed by atoms with E-state index < -0.39 is 5.60 Å². The molecule has 0 bridgehead atoms. The van der Waals surface area contributed by atoms with Gasteiger partial charge in [0, 0.05) is 0 Å². The number of carbonyl (C=O) groups excluding carboxylic acids is 1. The average molecular weight is 186 g/mol. The zero-order valence-electron chi connectivity index (χ0n) is 8.96. The number of hydrogen-bond donors (Lipinski definition) is 0. The first-order chi connectivity index (χ1) is 5.81. The van der Waals surface area contributed by atoms with Crippen molar-refractivity contribution in [1.82, 2.24) is 0 Å². The Hall–Kier alpha value is -0.570. The second kappa shape index (κ2) is 3.29. The Morgan fingerprint density at radius 1 is 1.38 bits per heavy atom. The maximum atomic E-state index is 11.4. The number of rotatable bonds is 2. The molecule has 0 aromatic heterocycles. The highest BCUT2D eigenvalue weighted by Crippen LogP contribution is 2.31. The Labute approximate surface area is 79.4 Å². The van der Waals surface area contributed by atoms with Crippen LogP contribution >= 0.6 is 0 Å². The van der Waals surface area contributed by atoms with Gasteiger partial charge in [0.05, 0.1) is 6.10 Å². The molecule has 1 fully saturated rings. The third-order valence-corrected chi connectivity index (χ3v) is 1.82. The van der Waals surface area contributed by atoms with Gasteiger partial charge in [-0.1, -0.05) is 13.8 Å². The fourth-order valence-electron chi connectivity index (χ4n) is 1.18. The molecule has 0 aliphatic carbocycles. The maximum Gasteiger partial charge on any atom is 0.338 e. The largest absolute Gasteiger partial charge is 0.458 e. The van der Waals surface area contributed by atoms with Crippen molar-refractivity contribution in [3.63, 3.8) is 0 Å². The van der Waals surface area contributed by atoms with Gasteiger partial charge in [-0.2, -0.15) is 0 Å². The first-order valence-corrected chi connectivity index (χ1v) is 4.69. The van der Waals surface area contributed by atoms with Gasteiger partial charge in [0.15, 0.2) is 6.10 Å². The number of ether oxygens (including phenoxy) is 2. The minimum Gasteiger partial charge on any atom is -0.458 e. The molecule has 1 saturated heterocycles. The van der Waals surface area contributed by atoms with E-state index in [1.54, 1.807) is 0 Å². The van der Waals surface area contributed by atoms with Crippen LogP contribution in [0, 0.1) is 5.92 Å². The van der Waals surface area contributed by atoms with Crippen molar-refractivity contribution in [1.29, 1.82) is 0 Å². The zero-order chi connectivity index (χ0) is 10.2. The van der Waals surface area contributed by atoms with Crippen LogP contribution in [0.4, 0.5) is 0 Å². The predicted octanol–water partition coefficient (Wildman–Crippen LogP) is 1.75. The topological polar surface area (TPSA) is 38.8 Å². The second-order valence-corrected chi connectivity index (χ2v) is 4.80. The first-order valence-electron chi connectivity index (χ1n) is 4.69. The number of hydrogen-bond acceptors (Lipinski definition) is 3. The van der Waals surface area contributed by atoms with Gasteiger partial charge in [0.25, 0.3) is 0 Å². The molecule has 1 rings (SSSR count). The molecule has 2 atom stereocenters. The Balaban J connectivity index is 2.36. The highest BCUT2D eigenvalue weighted by atomic mass is 16.6. The SMILES string of the molecule is CC(C)[C@H]1O[C@@H]1C(=O)OC(C)(C)C. The Morgan fingerprint density at radius 3 is 2.23 bits per heavy atom. The van der Waals surface area contributed by atoms with Crippen molar-refractivity contribution < 1.29 is 14.3 Å². The third-order valence-electron chi connectivity index (χ3n) is 1.82. The summed E-state index contributed by atoms with van der Waals surface area (Å²) in [6, 6.07) is 0. The lowest BCUT2D eigenvalue weighted by atomic mass is 10.1. The van der Waals surface area contributed by atoms with Gasteiger partial charge in [-0.15, -0.1) is 0 Å². The summed E-state index contributed by atoms with van der Waals surface area (Å²) >= 11 is 0. The summed E-state index contributed by atoms with van der Waals surface area (Å²) < 4.78 is 10.4. The highest BCUT2D eigenvalue weighted by Gasteiger charge is 2.48. The second-order valence-electron chi connectivity index (χ2n) is 4.80. The van der Waals surface area contributed by atoms with Crippen LogP contribution in [0.5, 0.6) is 0 Å². The van der Waals surface area contributed by atoms with Crippen LogP contribution in [0.1, 0.15) is 34.6 Å². The van der Waals surface area contributed by atoms with Gasteiger partial charge in [-0.25, -0.2) is 4.79 Å². The van der Waals surface area contributed by atoms with Crippen molar-refractivity contribution in [2.45, 2.75) is 52.4 Å². The Bertz CT molecular complexity index is 203. The molecule has 13 heavy (non-hydrogen) atoms. The van der Waals surface area contributed by atoms with Crippen molar-refractivity contribution >= 4 is 5.97 Å². The van der Waals surface area contributed by atoms with Crippen molar-refractivity contribution in [3.05, 3.63) is 0 Å². The molecule has 0 saturated carbocycles. The molecular weight excluding hydrogens is 168 g/mol. The molecule has 76 valence electrons. The van der Waals surface area contributed by atoms with Crippen LogP contribution in [0.25, 0.3) is 0 Å². The molecule has 3 heteroatoms. The summed E-state index contributed by atoms with van der Waals surface area (Å²) in [5, 5.41) is 0. The van der Waals surface area contributed by atoms with E-state index in [2.05, 4.69) is 0 Å². The quantitative estimate of drug-likeness (QED) is 0.487. The average Bonchev–Trinajstić information content (AvgIpc) is 2.58. The summed E-state index contributed by atoms with van der Waals surface area (Å²) in [5.41, 5.74) is -0.412. The first kappa shape index (κ1) is 10.5. The Morgan fingerprint density at radius 2 is 1.92 bits per heavy atom. The lowest BCUT2D eigenvalue weighted by Crippen LogP contribution is -2.28. The summed E-state index contributed by atoms with van der Waals surface area (Å²) in [4.78, 5) is 11.4. The zero-order valence-corrected chi connectivity index (χ0v) is 8.96. The lowest BCUT2D eigenvalue weighted by molar-refractivity contribution is -0.156. The van der Waals surface area contributed by atoms with Gasteiger partial charge in [0.1, 0.15) is 5.60 Å². The molecule has 0 unspecified atom stereocenters. The van der Waals surface area contributed by atoms with E-state index in [-0.39, 0.29) is 18.2 Å². The number of epoxide rings is 1. The smallest absolute Gasteiger partial charge is 0.338 e. The molecular formula is C10H18O3. The van der Waals surface area contributed by atoms with E-state index in [0.717, 1.165) is 0 Å². The molecule has 0 radical (unpaired) electrons.